The highest BCUT2D eigenvalue weighted by Gasteiger charge is 2.25. The number of hydrogen-bond donors (Lipinski definition) is 2. The molecule has 0 radical (unpaired) electrons. The molecule has 0 aliphatic carbocycles. The lowest BCUT2D eigenvalue weighted by Gasteiger charge is -2.28. The van der Waals surface area contributed by atoms with E-state index in [4.69, 9.17) is 21.1 Å². The van der Waals surface area contributed by atoms with Crippen LogP contribution < -0.4 is 10.1 Å². The summed E-state index contributed by atoms with van der Waals surface area (Å²) < 4.78 is 10.7. The summed E-state index contributed by atoms with van der Waals surface area (Å²) in [5.74, 6) is 0.282. The molecule has 2 N–H and O–H groups in total. The van der Waals surface area contributed by atoms with E-state index in [9.17, 15) is 9.90 Å². The monoisotopic (exact) mass is 313 g/mol. The maximum absolute atomic E-state index is 12.2. The molecular formula is C15H20ClNO4. The van der Waals surface area contributed by atoms with Crippen molar-refractivity contribution >= 4 is 17.5 Å². The predicted molar refractivity (Wildman–Crippen MR) is 79.9 cm³/mol. The van der Waals surface area contributed by atoms with Crippen molar-refractivity contribution in [3.05, 3.63) is 28.8 Å². The molecule has 116 valence electrons. The Kier molecular flexibility index (Phi) is 5.85. The summed E-state index contributed by atoms with van der Waals surface area (Å²) in [6, 6.07) is 4.52. The Morgan fingerprint density at radius 2 is 2.38 bits per heavy atom. The number of aliphatic hydroxyl groups is 1. The summed E-state index contributed by atoms with van der Waals surface area (Å²) in [4.78, 5) is 12.2. The number of carbonyl (C=O) groups is 1. The lowest BCUT2D eigenvalue weighted by atomic mass is 10.1. The van der Waals surface area contributed by atoms with E-state index >= 15 is 0 Å². The predicted octanol–water partition coefficient (Wildman–Crippen LogP) is 2.01. The molecule has 0 spiro atoms. The zero-order valence-electron chi connectivity index (χ0n) is 12.0. The molecule has 2 rings (SSSR count). The second-order valence-corrected chi connectivity index (χ2v) is 5.41. The van der Waals surface area contributed by atoms with Crippen molar-refractivity contribution in [2.75, 3.05) is 19.8 Å². The Morgan fingerprint density at radius 3 is 3.05 bits per heavy atom. The molecule has 0 bridgehead atoms. The number of benzene rings is 1. The zero-order valence-corrected chi connectivity index (χ0v) is 12.7. The number of ether oxygens (including phenoxy) is 2. The summed E-state index contributed by atoms with van der Waals surface area (Å²) >= 11 is 6.10. The molecule has 6 heteroatoms. The Labute approximate surface area is 129 Å². The molecule has 0 aromatic heterocycles. The lowest BCUT2D eigenvalue weighted by molar-refractivity contribution is -0.0140. The summed E-state index contributed by atoms with van der Waals surface area (Å²) in [6.07, 6.45) is 0.832. The van der Waals surface area contributed by atoms with Crippen LogP contribution in [0.3, 0.4) is 0 Å². The van der Waals surface area contributed by atoms with Gasteiger partial charge < -0.3 is 19.9 Å². The Balaban J connectivity index is 2.00. The molecule has 1 aliphatic heterocycles. The van der Waals surface area contributed by atoms with E-state index < -0.39 is 6.10 Å². The van der Waals surface area contributed by atoms with Crippen LogP contribution in [-0.4, -0.2) is 43.0 Å². The average Bonchev–Trinajstić information content (AvgIpc) is 2.48. The van der Waals surface area contributed by atoms with Crippen LogP contribution in [0.2, 0.25) is 5.02 Å². The van der Waals surface area contributed by atoms with E-state index in [0.717, 1.165) is 6.42 Å². The first-order valence-corrected chi connectivity index (χ1v) is 7.48. The fourth-order valence-electron chi connectivity index (χ4n) is 2.09. The number of rotatable bonds is 5. The summed E-state index contributed by atoms with van der Waals surface area (Å²) in [5, 5.41) is 13.0. The smallest absolute Gasteiger partial charge is 0.251 e. The van der Waals surface area contributed by atoms with Gasteiger partial charge in [0.05, 0.1) is 30.4 Å². The van der Waals surface area contributed by atoms with E-state index in [1.807, 2.05) is 6.92 Å². The van der Waals surface area contributed by atoms with Crippen LogP contribution in [0, 0.1) is 0 Å². The van der Waals surface area contributed by atoms with E-state index in [1.54, 1.807) is 18.2 Å². The minimum Gasteiger partial charge on any atom is -0.492 e. The Hall–Kier alpha value is -1.30. The lowest BCUT2D eigenvalue weighted by Crippen LogP contribution is -2.49. The second kappa shape index (κ2) is 7.64. The number of halogens is 1. The zero-order chi connectivity index (χ0) is 15.2. The number of nitrogens with one attached hydrogen (secondary N) is 1. The Bertz CT molecular complexity index is 495. The third-order valence-corrected chi connectivity index (χ3v) is 3.59. The third-order valence-electron chi connectivity index (χ3n) is 3.29. The molecule has 1 aliphatic rings. The number of aliphatic hydroxyl groups excluding tert-OH is 1. The first kappa shape index (κ1) is 16.1. The SMILES string of the molecule is CCCOc1ccc(C(=O)N[C@@H]2COCC[C@H]2O)cc1Cl. The van der Waals surface area contributed by atoms with Crippen LogP contribution in [0.15, 0.2) is 18.2 Å². The normalized spacial score (nSPS) is 21.9. The molecular weight excluding hydrogens is 294 g/mol. The van der Waals surface area contributed by atoms with E-state index in [1.165, 1.54) is 0 Å². The van der Waals surface area contributed by atoms with Crippen LogP contribution in [0.5, 0.6) is 5.75 Å². The van der Waals surface area contributed by atoms with Crippen LogP contribution in [0.4, 0.5) is 0 Å². The maximum atomic E-state index is 12.2. The van der Waals surface area contributed by atoms with Crippen LogP contribution in [0.1, 0.15) is 30.1 Å². The van der Waals surface area contributed by atoms with Gasteiger partial charge >= 0.3 is 0 Å². The van der Waals surface area contributed by atoms with Crippen molar-refractivity contribution in [2.45, 2.75) is 31.9 Å². The molecule has 5 nitrogen and oxygen atoms in total. The average molecular weight is 314 g/mol. The van der Waals surface area contributed by atoms with Crippen molar-refractivity contribution in [1.29, 1.82) is 0 Å². The second-order valence-electron chi connectivity index (χ2n) is 5.00. The highest BCUT2D eigenvalue weighted by molar-refractivity contribution is 6.32. The summed E-state index contributed by atoms with van der Waals surface area (Å²) in [7, 11) is 0. The number of carbonyl (C=O) groups excluding carboxylic acids is 1. The molecule has 1 aromatic rings. The number of amides is 1. The van der Waals surface area contributed by atoms with Gasteiger partial charge in [-0.25, -0.2) is 0 Å². The van der Waals surface area contributed by atoms with E-state index in [2.05, 4.69) is 5.32 Å². The van der Waals surface area contributed by atoms with Gasteiger partial charge in [0, 0.05) is 12.2 Å². The fourth-order valence-corrected chi connectivity index (χ4v) is 2.32. The summed E-state index contributed by atoms with van der Waals surface area (Å²) in [6.45, 7) is 3.42. The van der Waals surface area contributed by atoms with Gasteiger partial charge in [0.15, 0.2) is 0 Å². The van der Waals surface area contributed by atoms with Crippen molar-refractivity contribution in [3.63, 3.8) is 0 Å². The van der Waals surface area contributed by atoms with Crippen LogP contribution in [-0.2, 0) is 4.74 Å². The van der Waals surface area contributed by atoms with Gasteiger partial charge in [-0.2, -0.15) is 0 Å². The van der Waals surface area contributed by atoms with E-state index in [-0.39, 0.29) is 11.9 Å². The highest BCUT2D eigenvalue weighted by atomic mass is 35.5. The van der Waals surface area contributed by atoms with Gasteiger partial charge in [-0.1, -0.05) is 18.5 Å². The first-order chi connectivity index (χ1) is 10.1. The van der Waals surface area contributed by atoms with E-state index in [0.29, 0.717) is 42.6 Å². The first-order valence-electron chi connectivity index (χ1n) is 7.11. The van der Waals surface area contributed by atoms with Crippen molar-refractivity contribution in [1.82, 2.24) is 5.32 Å². The van der Waals surface area contributed by atoms with Gasteiger partial charge in [0.1, 0.15) is 5.75 Å². The molecule has 1 fully saturated rings. The standard InChI is InChI=1S/C15H20ClNO4/c1-2-6-21-14-4-3-10(8-11(14)16)15(19)17-12-9-20-7-5-13(12)18/h3-4,8,12-13,18H,2,5-7,9H2,1H3,(H,17,19)/t12-,13-/m1/s1. The topological polar surface area (TPSA) is 67.8 Å². The third kappa shape index (κ3) is 4.33. The van der Waals surface area contributed by atoms with Gasteiger partial charge in [0.2, 0.25) is 0 Å². The Morgan fingerprint density at radius 1 is 1.57 bits per heavy atom. The summed E-state index contributed by atoms with van der Waals surface area (Å²) in [5.41, 5.74) is 0.432. The molecule has 1 aromatic carbocycles. The molecule has 2 atom stereocenters. The van der Waals surface area contributed by atoms with Crippen LogP contribution >= 0.6 is 11.6 Å². The van der Waals surface area contributed by atoms with Crippen molar-refractivity contribution in [3.8, 4) is 5.75 Å². The number of hydrogen-bond acceptors (Lipinski definition) is 4. The maximum Gasteiger partial charge on any atom is 0.251 e. The van der Waals surface area contributed by atoms with Gasteiger partial charge in [-0.15, -0.1) is 0 Å². The minimum atomic E-state index is -0.578. The van der Waals surface area contributed by atoms with Gasteiger partial charge in [-0.3, -0.25) is 4.79 Å². The van der Waals surface area contributed by atoms with Crippen molar-refractivity contribution in [2.24, 2.45) is 0 Å². The largest absolute Gasteiger partial charge is 0.492 e. The minimum absolute atomic E-state index is 0.284. The molecule has 21 heavy (non-hydrogen) atoms. The van der Waals surface area contributed by atoms with Gasteiger partial charge in [0.25, 0.3) is 5.91 Å². The van der Waals surface area contributed by atoms with Crippen molar-refractivity contribution < 1.29 is 19.4 Å². The molecule has 1 heterocycles. The molecule has 1 saturated heterocycles. The fraction of sp³-hybridized carbons (Fsp3) is 0.533. The van der Waals surface area contributed by atoms with Gasteiger partial charge in [-0.05, 0) is 31.0 Å². The van der Waals surface area contributed by atoms with Crippen LogP contribution in [0.25, 0.3) is 0 Å². The molecule has 1 amide bonds. The molecule has 0 unspecified atom stereocenters. The quantitative estimate of drug-likeness (QED) is 0.872. The highest BCUT2D eigenvalue weighted by Crippen LogP contribution is 2.25. The molecule has 0 saturated carbocycles.